The largest absolute Gasteiger partial charge is 0.445 e. The SMILES string of the molecule is CON(C)CCNC(=O)OCc1ccccc1. The molecule has 94 valence electrons. The van der Waals surface area contributed by atoms with Crippen molar-refractivity contribution >= 4 is 6.09 Å². The highest BCUT2D eigenvalue weighted by Gasteiger charge is 2.02. The third kappa shape index (κ3) is 5.89. The second-order valence-electron chi connectivity index (χ2n) is 3.52. The molecule has 0 heterocycles. The van der Waals surface area contributed by atoms with Gasteiger partial charge in [0.15, 0.2) is 0 Å². The number of nitrogens with zero attached hydrogens (tertiary/aromatic N) is 1. The summed E-state index contributed by atoms with van der Waals surface area (Å²) in [6, 6.07) is 9.55. The molecule has 0 fully saturated rings. The Morgan fingerprint density at radius 1 is 1.35 bits per heavy atom. The fraction of sp³-hybridized carbons (Fsp3) is 0.417. The normalized spacial score (nSPS) is 10.3. The van der Waals surface area contributed by atoms with Crippen molar-refractivity contribution in [1.82, 2.24) is 10.4 Å². The van der Waals surface area contributed by atoms with Crippen LogP contribution in [-0.4, -0.2) is 38.4 Å². The second-order valence-corrected chi connectivity index (χ2v) is 3.52. The first-order valence-electron chi connectivity index (χ1n) is 5.42. The molecule has 0 radical (unpaired) electrons. The van der Waals surface area contributed by atoms with E-state index in [9.17, 15) is 4.79 Å². The number of carbonyl (C=O) groups is 1. The number of carbonyl (C=O) groups excluding carboxylic acids is 1. The van der Waals surface area contributed by atoms with Crippen LogP contribution >= 0.6 is 0 Å². The summed E-state index contributed by atoms with van der Waals surface area (Å²) < 4.78 is 5.03. The van der Waals surface area contributed by atoms with Crippen molar-refractivity contribution in [3.63, 3.8) is 0 Å². The quantitative estimate of drug-likeness (QED) is 0.761. The van der Waals surface area contributed by atoms with E-state index in [-0.39, 0.29) is 6.61 Å². The summed E-state index contributed by atoms with van der Waals surface area (Å²) >= 11 is 0. The van der Waals surface area contributed by atoms with E-state index in [4.69, 9.17) is 9.57 Å². The summed E-state index contributed by atoms with van der Waals surface area (Å²) in [4.78, 5) is 16.2. The lowest BCUT2D eigenvalue weighted by molar-refractivity contribution is -0.107. The fourth-order valence-electron chi connectivity index (χ4n) is 1.18. The number of amides is 1. The van der Waals surface area contributed by atoms with Gasteiger partial charge in [-0.25, -0.2) is 4.79 Å². The molecule has 0 aliphatic heterocycles. The van der Waals surface area contributed by atoms with Gasteiger partial charge in [0, 0.05) is 20.1 Å². The van der Waals surface area contributed by atoms with Gasteiger partial charge in [0.25, 0.3) is 0 Å². The van der Waals surface area contributed by atoms with Crippen LogP contribution in [0.4, 0.5) is 4.79 Å². The lowest BCUT2D eigenvalue weighted by atomic mass is 10.2. The van der Waals surface area contributed by atoms with E-state index in [1.807, 2.05) is 30.3 Å². The van der Waals surface area contributed by atoms with Crippen molar-refractivity contribution in [2.24, 2.45) is 0 Å². The van der Waals surface area contributed by atoms with E-state index in [1.54, 1.807) is 19.2 Å². The molecule has 1 amide bonds. The molecule has 0 bridgehead atoms. The van der Waals surface area contributed by atoms with Gasteiger partial charge in [-0.3, -0.25) is 0 Å². The third-order valence-electron chi connectivity index (χ3n) is 2.22. The van der Waals surface area contributed by atoms with Gasteiger partial charge in [0.2, 0.25) is 0 Å². The zero-order valence-electron chi connectivity index (χ0n) is 10.2. The highest BCUT2D eigenvalue weighted by atomic mass is 16.7. The first kappa shape index (κ1) is 13.5. The molecule has 1 N–H and O–H groups in total. The molecule has 1 rings (SSSR count). The maximum atomic E-state index is 11.3. The zero-order chi connectivity index (χ0) is 12.5. The molecule has 5 nitrogen and oxygen atoms in total. The number of rotatable bonds is 6. The molecule has 1 aromatic rings. The Hall–Kier alpha value is -1.59. The van der Waals surface area contributed by atoms with Crippen LogP contribution in [0.15, 0.2) is 30.3 Å². The standard InChI is InChI=1S/C12H18N2O3/c1-14(16-2)9-8-13-12(15)17-10-11-6-4-3-5-7-11/h3-7H,8-10H2,1-2H3,(H,13,15). The molecular formula is C12H18N2O3. The molecule has 17 heavy (non-hydrogen) atoms. The van der Waals surface area contributed by atoms with Gasteiger partial charge in [0.1, 0.15) is 6.61 Å². The van der Waals surface area contributed by atoms with E-state index in [2.05, 4.69) is 5.32 Å². The minimum atomic E-state index is -0.418. The number of hydrogen-bond acceptors (Lipinski definition) is 4. The smallest absolute Gasteiger partial charge is 0.407 e. The molecule has 0 spiro atoms. The summed E-state index contributed by atoms with van der Waals surface area (Å²) in [5, 5.41) is 4.26. The van der Waals surface area contributed by atoms with E-state index in [0.29, 0.717) is 13.1 Å². The van der Waals surface area contributed by atoms with Gasteiger partial charge in [0.05, 0.1) is 7.11 Å². The molecule has 0 aromatic heterocycles. The molecule has 0 atom stereocenters. The van der Waals surface area contributed by atoms with Crippen LogP contribution in [0.3, 0.4) is 0 Å². The van der Waals surface area contributed by atoms with Gasteiger partial charge >= 0.3 is 6.09 Å². The molecule has 0 saturated carbocycles. The predicted molar refractivity (Wildman–Crippen MR) is 64.3 cm³/mol. The van der Waals surface area contributed by atoms with Crippen molar-refractivity contribution < 1.29 is 14.4 Å². The zero-order valence-corrected chi connectivity index (χ0v) is 10.2. The average Bonchev–Trinajstić information content (AvgIpc) is 2.37. The van der Waals surface area contributed by atoms with Crippen LogP contribution in [0.1, 0.15) is 5.56 Å². The van der Waals surface area contributed by atoms with Crippen LogP contribution in [0, 0.1) is 0 Å². The molecular weight excluding hydrogens is 220 g/mol. The summed E-state index contributed by atoms with van der Waals surface area (Å²) in [6.45, 7) is 1.38. The van der Waals surface area contributed by atoms with E-state index in [0.717, 1.165) is 5.56 Å². The lowest BCUT2D eigenvalue weighted by Crippen LogP contribution is -2.32. The number of nitrogens with one attached hydrogen (secondary N) is 1. The number of hydroxylamine groups is 2. The Kier molecular flexibility index (Phi) is 6.06. The van der Waals surface area contributed by atoms with Gasteiger partial charge in [-0.2, -0.15) is 5.06 Å². The summed E-state index contributed by atoms with van der Waals surface area (Å²) in [5.74, 6) is 0. The number of hydrogen-bond donors (Lipinski definition) is 1. The fourth-order valence-corrected chi connectivity index (χ4v) is 1.18. The monoisotopic (exact) mass is 238 g/mol. The summed E-state index contributed by atoms with van der Waals surface area (Å²) in [7, 11) is 3.37. The van der Waals surface area contributed by atoms with Crippen molar-refractivity contribution in [2.45, 2.75) is 6.61 Å². The Bertz CT molecular complexity index is 330. The van der Waals surface area contributed by atoms with Gasteiger partial charge in [-0.1, -0.05) is 30.3 Å². The minimum absolute atomic E-state index is 0.285. The number of ether oxygens (including phenoxy) is 1. The molecule has 0 aliphatic rings. The number of benzene rings is 1. The van der Waals surface area contributed by atoms with Gasteiger partial charge in [-0.15, -0.1) is 0 Å². The topological polar surface area (TPSA) is 50.8 Å². The Balaban J connectivity index is 2.13. The van der Waals surface area contributed by atoms with Gasteiger partial charge < -0.3 is 14.9 Å². The van der Waals surface area contributed by atoms with Crippen molar-refractivity contribution in [2.75, 3.05) is 27.2 Å². The van der Waals surface area contributed by atoms with E-state index in [1.165, 1.54) is 0 Å². The Morgan fingerprint density at radius 3 is 2.71 bits per heavy atom. The molecule has 1 aromatic carbocycles. The summed E-state index contributed by atoms with van der Waals surface area (Å²) in [5.41, 5.74) is 0.969. The van der Waals surface area contributed by atoms with Crippen LogP contribution < -0.4 is 5.32 Å². The highest BCUT2D eigenvalue weighted by Crippen LogP contribution is 2.00. The minimum Gasteiger partial charge on any atom is -0.445 e. The molecule has 0 saturated heterocycles. The van der Waals surface area contributed by atoms with Crippen molar-refractivity contribution in [3.05, 3.63) is 35.9 Å². The van der Waals surface area contributed by atoms with Gasteiger partial charge in [-0.05, 0) is 5.56 Å². The van der Waals surface area contributed by atoms with Crippen molar-refractivity contribution in [3.8, 4) is 0 Å². The van der Waals surface area contributed by atoms with Crippen LogP contribution in [0.25, 0.3) is 0 Å². The molecule has 0 aliphatic carbocycles. The maximum absolute atomic E-state index is 11.3. The molecule has 5 heteroatoms. The first-order valence-corrected chi connectivity index (χ1v) is 5.42. The van der Waals surface area contributed by atoms with Crippen LogP contribution in [-0.2, 0) is 16.2 Å². The van der Waals surface area contributed by atoms with E-state index < -0.39 is 6.09 Å². The Labute approximate surface area is 101 Å². The van der Waals surface area contributed by atoms with Crippen LogP contribution in [0.5, 0.6) is 0 Å². The average molecular weight is 238 g/mol. The first-order chi connectivity index (χ1) is 8.22. The predicted octanol–water partition coefficient (Wildman–Crippen LogP) is 1.41. The highest BCUT2D eigenvalue weighted by molar-refractivity contribution is 5.67. The van der Waals surface area contributed by atoms with E-state index >= 15 is 0 Å². The number of likely N-dealkylation sites (N-methyl/N-ethyl adjacent to an activating group) is 1. The molecule has 0 unspecified atom stereocenters. The Morgan fingerprint density at radius 2 is 2.06 bits per heavy atom. The lowest BCUT2D eigenvalue weighted by Gasteiger charge is -2.13. The number of alkyl carbamates (subject to hydrolysis) is 1. The van der Waals surface area contributed by atoms with Crippen molar-refractivity contribution in [1.29, 1.82) is 0 Å². The maximum Gasteiger partial charge on any atom is 0.407 e. The van der Waals surface area contributed by atoms with Crippen LogP contribution in [0.2, 0.25) is 0 Å². The second kappa shape index (κ2) is 7.65. The third-order valence-corrected chi connectivity index (χ3v) is 2.22. The summed E-state index contributed by atoms with van der Waals surface area (Å²) in [6.07, 6.45) is -0.418.